The molecule has 0 atom stereocenters. The van der Waals surface area contributed by atoms with Crippen LogP contribution in [0.1, 0.15) is 28.5 Å². The zero-order valence-electron chi connectivity index (χ0n) is 13.8. The van der Waals surface area contributed by atoms with Gasteiger partial charge in [-0.2, -0.15) is 5.10 Å². The molecule has 1 aromatic heterocycles. The standard InChI is InChI=1S/C21H17N3O/c1-16(19-14-8-9-15-22-19)23-24-20(17-10-4-2-5-11-17)21(25)18-12-6-3-7-13-18/h2-15H,1H3/b23-16-,24-20-. The molecule has 0 fully saturated rings. The maximum Gasteiger partial charge on any atom is 0.213 e. The van der Waals surface area contributed by atoms with E-state index < -0.39 is 0 Å². The lowest BCUT2D eigenvalue weighted by Gasteiger charge is -2.05. The van der Waals surface area contributed by atoms with Crippen molar-refractivity contribution in [3.63, 3.8) is 0 Å². The van der Waals surface area contributed by atoms with Crippen molar-refractivity contribution < 1.29 is 4.79 Å². The van der Waals surface area contributed by atoms with Crippen molar-refractivity contribution in [2.24, 2.45) is 10.2 Å². The quantitative estimate of drug-likeness (QED) is 0.401. The summed E-state index contributed by atoms with van der Waals surface area (Å²) in [5.74, 6) is -0.163. The maximum atomic E-state index is 12.9. The molecule has 0 saturated heterocycles. The van der Waals surface area contributed by atoms with E-state index in [1.165, 1.54) is 0 Å². The van der Waals surface area contributed by atoms with Gasteiger partial charge < -0.3 is 0 Å². The Bertz CT molecular complexity index is 902. The summed E-state index contributed by atoms with van der Waals surface area (Å²) in [6, 6.07) is 24.0. The Morgan fingerprint density at radius 3 is 1.96 bits per heavy atom. The first-order valence-electron chi connectivity index (χ1n) is 7.94. The summed E-state index contributed by atoms with van der Waals surface area (Å²) in [4.78, 5) is 17.1. The number of benzene rings is 2. The van der Waals surface area contributed by atoms with Gasteiger partial charge in [0.05, 0.1) is 11.4 Å². The molecule has 4 heteroatoms. The Kier molecular flexibility index (Phi) is 5.22. The number of pyridine rings is 1. The summed E-state index contributed by atoms with van der Waals surface area (Å²) in [6.45, 7) is 1.82. The second-order valence-corrected chi connectivity index (χ2v) is 5.41. The first kappa shape index (κ1) is 16.5. The molecule has 0 saturated carbocycles. The van der Waals surface area contributed by atoms with Crippen LogP contribution in [0.15, 0.2) is 95.3 Å². The van der Waals surface area contributed by atoms with Crippen LogP contribution < -0.4 is 0 Å². The van der Waals surface area contributed by atoms with E-state index in [0.717, 1.165) is 11.3 Å². The molecule has 0 radical (unpaired) electrons. The van der Waals surface area contributed by atoms with E-state index in [1.54, 1.807) is 18.3 Å². The molecule has 0 unspecified atom stereocenters. The minimum Gasteiger partial charge on any atom is -0.287 e. The third kappa shape index (κ3) is 4.12. The van der Waals surface area contributed by atoms with Crippen LogP contribution in [0.2, 0.25) is 0 Å². The number of nitrogens with zero attached hydrogens (tertiary/aromatic N) is 3. The third-order valence-electron chi connectivity index (χ3n) is 3.63. The van der Waals surface area contributed by atoms with Crippen LogP contribution in [0.5, 0.6) is 0 Å². The summed E-state index contributed by atoms with van der Waals surface area (Å²) >= 11 is 0. The molecule has 0 aliphatic heterocycles. The average Bonchev–Trinajstić information content (AvgIpc) is 2.70. The van der Waals surface area contributed by atoms with Gasteiger partial charge in [0.25, 0.3) is 0 Å². The summed E-state index contributed by atoms with van der Waals surface area (Å²) in [5, 5.41) is 8.50. The Morgan fingerprint density at radius 1 is 0.760 bits per heavy atom. The minimum absolute atomic E-state index is 0.163. The van der Waals surface area contributed by atoms with Crippen LogP contribution >= 0.6 is 0 Å². The van der Waals surface area contributed by atoms with Crippen LogP contribution in [-0.4, -0.2) is 22.2 Å². The van der Waals surface area contributed by atoms with Crippen molar-refractivity contribution >= 4 is 17.2 Å². The topological polar surface area (TPSA) is 54.7 Å². The number of ketones is 1. The molecule has 1 heterocycles. The van der Waals surface area contributed by atoms with Gasteiger partial charge in [0, 0.05) is 17.3 Å². The molecule has 0 aliphatic rings. The summed E-state index contributed by atoms with van der Waals surface area (Å²) < 4.78 is 0. The van der Waals surface area contributed by atoms with Crippen molar-refractivity contribution in [1.29, 1.82) is 0 Å². The number of carbonyl (C=O) groups is 1. The number of aromatic nitrogens is 1. The highest BCUT2D eigenvalue weighted by molar-refractivity contribution is 6.51. The largest absolute Gasteiger partial charge is 0.287 e. The van der Waals surface area contributed by atoms with Crippen LogP contribution in [0.25, 0.3) is 0 Å². The fourth-order valence-corrected chi connectivity index (χ4v) is 2.31. The average molecular weight is 327 g/mol. The van der Waals surface area contributed by atoms with Gasteiger partial charge in [-0.25, -0.2) is 0 Å². The van der Waals surface area contributed by atoms with E-state index in [4.69, 9.17) is 0 Å². The lowest BCUT2D eigenvalue weighted by atomic mass is 10.0. The van der Waals surface area contributed by atoms with Crippen molar-refractivity contribution in [3.8, 4) is 0 Å². The molecule has 3 rings (SSSR count). The van der Waals surface area contributed by atoms with Crippen LogP contribution in [-0.2, 0) is 0 Å². The van der Waals surface area contributed by atoms with Crippen molar-refractivity contribution in [2.45, 2.75) is 6.92 Å². The van der Waals surface area contributed by atoms with Crippen molar-refractivity contribution in [3.05, 3.63) is 102 Å². The molecular weight excluding hydrogens is 310 g/mol. The van der Waals surface area contributed by atoms with Gasteiger partial charge in [0.15, 0.2) is 0 Å². The van der Waals surface area contributed by atoms with E-state index in [1.807, 2.05) is 73.7 Å². The Morgan fingerprint density at radius 2 is 1.36 bits per heavy atom. The predicted octanol–water partition coefficient (Wildman–Crippen LogP) is 4.18. The summed E-state index contributed by atoms with van der Waals surface area (Å²) in [5.41, 5.74) is 2.99. The molecular formula is C21H17N3O. The Balaban J connectivity index is 2.01. The first-order valence-corrected chi connectivity index (χ1v) is 7.94. The van der Waals surface area contributed by atoms with Crippen molar-refractivity contribution in [2.75, 3.05) is 0 Å². The minimum atomic E-state index is -0.163. The SMILES string of the molecule is C/C(=N/N=C(\C(=O)c1ccccc1)c1ccccc1)c1ccccn1. The Labute approximate surface area is 146 Å². The number of Topliss-reactive ketones (excluding diaryl/α,β-unsaturated/α-hetero) is 1. The molecule has 122 valence electrons. The molecule has 0 aliphatic carbocycles. The van der Waals surface area contributed by atoms with Gasteiger partial charge in [-0.05, 0) is 19.1 Å². The monoisotopic (exact) mass is 327 g/mol. The zero-order valence-corrected chi connectivity index (χ0v) is 13.8. The van der Waals surface area contributed by atoms with Crippen molar-refractivity contribution in [1.82, 2.24) is 4.98 Å². The maximum absolute atomic E-state index is 12.9. The molecule has 2 aromatic carbocycles. The second-order valence-electron chi connectivity index (χ2n) is 5.41. The van der Waals surface area contributed by atoms with Gasteiger partial charge >= 0.3 is 0 Å². The molecule has 0 N–H and O–H groups in total. The lowest BCUT2D eigenvalue weighted by molar-refractivity contribution is 0.106. The highest BCUT2D eigenvalue weighted by atomic mass is 16.1. The molecule has 0 spiro atoms. The number of rotatable bonds is 5. The van der Waals surface area contributed by atoms with E-state index in [-0.39, 0.29) is 5.78 Å². The molecule has 0 bridgehead atoms. The number of hydrogen-bond acceptors (Lipinski definition) is 4. The summed E-state index contributed by atoms with van der Waals surface area (Å²) in [7, 11) is 0. The van der Waals surface area contributed by atoms with E-state index in [2.05, 4.69) is 15.2 Å². The third-order valence-corrected chi connectivity index (χ3v) is 3.63. The molecule has 3 aromatic rings. The highest BCUT2D eigenvalue weighted by Gasteiger charge is 2.16. The Hall–Kier alpha value is -3.40. The fourth-order valence-electron chi connectivity index (χ4n) is 2.31. The van der Waals surface area contributed by atoms with E-state index in [9.17, 15) is 4.79 Å². The number of carbonyl (C=O) groups excluding carboxylic acids is 1. The van der Waals surface area contributed by atoms with E-state index in [0.29, 0.717) is 17.0 Å². The number of hydrogen-bond donors (Lipinski definition) is 0. The van der Waals surface area contributed by atoms with Crippen LogP contribution in [0.4, 0.5) is 0 Å². The normalized spacial score (nSPS) is 12.0. The van der Waals surface area contributed by atoms with Gasteiger partial charge in [0.2, 0.25) is 5.78 Å². The summed E-state index contributed by atoms with van der Waals surface area (Å²) in [6.07, 6.45) is 1.70. The highest BCUT2D eigenvalue weighted by Crippen LogP contribution is 2.10. The van der Waals surface area contributed by atoms with Gasteiger partial charge in [-0.3, -0.25) is 9.78 Å². The van der Waals surface area contributed by atoms with Gasteiger partial charge in [-0.1, -0.05) is 66.7 Å². The smallest absolute Gasteiger partial charge is 0.213 e. The molecule has 4 nitrogen and oxygen atoms in total. The predicted molar refractivity (Wildman–Crippen MR) is 100 cm³/mol. The van der Waals surface area contributed by atoms with Gasteiger partial charge in [-0.15, -0.1) is 5.10 Å². The molecule has 0 amide bonds. The first-order chi connectivity index (χ1) is 12.3. The lowest BCUT2D eigenvalue weighted by Crippen LogP contribution is -2.16. The van der Waals surface area contributed by atoms with Crippen LogP contribution in [0.3, 0.4) is 0 Å². The van der Waals surface area contributed by atoms with Gasteiger partial charge in [0.1, 0.15) is 5.71 Å². The van der Waals surface area contributed by atoms with E-state index >= 15 is 0 Å². The second kappa shape index (κ2) is 7.93. The zero-order chi connectivity index (χ0) is 17.5. The molecule has 25 heavy (non-hydrogen) atoms. The van der Waals surface area contributed by atoms with Crippen LogP contribution in [0, 0.1) is 0 Å². The fraction of sp³-hybridized carbons (Fsp3) is 0.0476.